The van der Waals surface area contributed by atoms with Crippen LogP contribution in [0.5, 0.6) is 0 Å². The molecule has 0 aromatic heterocycles. The molecule has 0 bridgehead atoms. The van der Waals surface area contributed by atoms with Crippen LogP contribution in [0.25, 0.3) is 0 Å². The monoisotopic (exact) mass is 235 g/mol. The van der Waals surface area contributed by atoms with E-state index in [1.165, 1.54) is 0 Å². The predicted molar refractivity (Wildman–Crippen MR) is 73.0 cm³/mol. The van der Waals surface area contributed by atoms with Crippen LogP contribution in [0.4, 0.5) is 0 Å². The maximum absolute atomic E-state index is 10.8. The third kappa shape index (κ3) is 4.49. The molecule has 0 aliphatic rings. The van der Waals surface area contributed by atoms with Crippen molar-refractivity contribution < 1.29 is 5.11 Å². The topological polar surface area (TPSA) is 32.3 Å². The molecule has 0 saturated carbocycles. The van der Waals surface area contributed by atoms with Crippen molar-refractivity contribution in [1.29, 1.82) is 0 Å². The van der Waals surface area contributed by atoms with Gasteiger partial charge in [0.2, 0.25) is 0 Å². The minimum atomic E-state index is -0.745. The lowest BCUT2D eigenvalue weighted by atomic mass is 9.85. The number of nitrogens with one attached hydrogen (secondary N) is 1. The molecule has 0 aliphatic carbocycles. The van der Waals surface area contributed by atoms with Crippen LogP contribution >= 0.6 is 0 Å². The number of benzene rings is 1. The molecular weight excluding hydrogens is 210 g/mol. The fourth-order valence-corrected chi connectivity index (χ4v) is 2.19. The molecule has 0 heterocycles. The summed E-state index contributed by atoms with van der Waals surface area (Å²) in [5.41, 5.74) is 0.266. The lowest BCUT2D eigenvalue weighted by Crippen LogP contribution is -2.39. The molecule has 0 amide bonds. The van der Waals surface area contributed by atoms with Gasteiger partial charge in [0, 0.05) is 6.54 Å². The second-order valence-electron chi connectivity index (χ2n) is 5.17. The van der Waals surface area contributed by atoms with Gasteiger partial charge in [-0.2, -0.15) is 0 Å². The Hall–Kier alpha value is -0.860. The maximum Gasteiger partial charge on any atom is 0.102 e. The molecular formula is C15H25NO. The van der Waals surface area contributed by atoms with Gasteiger partial charge in [-0.15, -0.1) is 0 Å². The molecule has 0 radical (unpaired) electrons. The van der Waals surface area contributed by atoms with Gasteiger partial charge in [-0.05, 0) is 30.9 Å². The van der Waals surface area contributed by atoms with E-state index in [9.17, 15) is 5.11 Å². The molecule has 0 aliphatic heterocycles. The molecule has 2 heteroatoms. The standard InChI is InChI=1S/C15H25NO/c1-4-10-16-12-15(17,11-13(2)3)14-8-6-5-7-9-14/h5-9,13,16-17H,4,10-12H2,1-3H3. The van der Waals surface area contributed by atoms with Crippen LogP contribution in [0.2, 0.25) is 0 Å². The Morgan fingerprint density at radius 2 is 1.88 bits per heavy atom. The third-order valence-corrected chi connectivity index (χ3v) is 2.90. The average Bonchev–Trinajstić information content (AvgIpc) is 2.29. The Morgan fingerprint density at radius 3 is 2.41 bits per heavy atom. The Morgan fingerprint density at radius 1 is 1.24 bits per heavy atom. The zero-order valence-electron chi connectivity index (χ0n) is 11.2. The summed E-state index contributed by atoms with van der Waals surface area (Å²) in [6, 6.07) is 9.98. The van der Waals surface area contributed by atoms with Crippen molar-refractivity contribution >= 4 is 0 Å². The highest BCUT2D eigenvalue weighted by Crippen LogP contribution is 2.27. The number of aliphatic hydroxyl groups is 1. The third-order valence-electron chi connectivity index (χ3n) is 2.90. The summed E-state index contributed by atoms with van der Waals surface area (Å²) in [5, 5.41) is 14.1. The summed E-state index contributed by atoms with van der Waals surface area (Å²) in [7, 11) is 0. The highest BCUT2D eigenvalue weighted by molar-refractivity contribution is 5.22. The predicted octanol–water partition coefficient (Wildman–Crippen LogP) is 2.92. The second kappa shape index (κ2) is 6.77. The first kappa shape index (κ1) is 14.2. The molecule has 1 atom stereocenters. The summed E-state index contributed by atoms with van der Waals surface area (Å²) in [4.78, 5) is 0. The van der Waals surface area contributed by atoms with Gasteiger partial charge in [0.05, 0.1) is 0 Å². The summed E-state index contributed by atoms with van der Waals surface area (Å²) in [6.45, 7) is 8.01. The molecule has 0 fully saturated rings. The summed E-state index contributed by atoms with van der Waals surface area (Å²) >= 11 is 0. The zero-order chi connectivity index (χ0) is 12.7. The van der Waals surface area contributed by atoms with Crippen molar-refractivity contribution in [2.24, 2.45) is 5.92 Å². The molecule has 96 valence electrons. The average molecular weight is 235 g/mol. The number of hydrogen-bond donors (Lipinski definition) is 2. The quantitative estimate of drug-likeness (QED) is 0.712. The first-order valence-corrected chi connectivity index (χ1v) is 6.57. The Labute approximate surface area is 105 Å². The highest BCUT2D eigenvalue weighted by atomic mass is 16.3. The summed E-state index contributed by atoms with van der Waals surface area (Å²) < 4.78 is 0. The van der Waals surface area contributed by atoms with E-state index < -0.39 is 5.60 Å². The van der Waals surface area contributed by atoms with Crippen LogP contribution in [0, 0.1) is 5.92 Å². The van der Waals surface area contributed by atoms with Crippen LogP contribution in [0.3, 0.4) is 0 Å². The summed E-state index contributed by atoms with van der Waals surface area (Å²) in [6.07, 6.45) is 1.88. The molecule has 2 nitrogen and oxygen atoms in total. The second-order valence-corrected chi connectivity index (χ2v) is 5.17. The van der Waals surface area contributed by atoms with Crippen LogP contribution in [0.15, 0.2) is 30.3 Å². The van der Waals surface area contributed by atoms with Gasteiger partial charge in [0.25, 0.3) is 0 Å². The van der Waals surface area contributed by atoms with Gasteiger partial charge >= 0.3 is 0 Å². The van der Waals surface area contributed by atoms with Crippen molar-refractivity contribution in [1.82, 2.24) is 5.32 Å². The van der Waals surface area contributed by atoms with E-state index >= 15 is 0 Å². The van der Waals surface area contributed by atoms with Crippen molar-refractivity contribution in [3.8, 4) is 0 Å². The zero-order valence-corrected chi connectivity index (χ0v) is 11.2. The molecule has 1 rings (SSSR count). The molecule has 0 saturated heterocycles. The molecule has 2 N–H and O–H groups in total. The first-order chi connectivity index (χ1) is 8.08. The van der Waals surface area contributed by atoms with E-state index in [1.54, 1.807) is 0 Å². The van der Waals surface area contributed by atoms with Crippen LogP contribution < -0.4 is 5.32 Å². The van der Waals surface area contributed by atoms with Gasteiger partial charge in [-0.3, -0.25) is 0 Å². The molecule has 17 heavy (non-hydrogen) atoms. The van der Waals surface area contributed by atoms with E-state index in [0.717, 1.165) is 24.9 Å². The number of hydrogen-bond acceptors (Lipinski definition) is 2. The largest absolute Gasteiger partial charge is 0.384 e. The molecule has 1 aromatic carbocycles. The van der Waals surface area contributed by atoms with E-state index in [-0.39, 0.29) is 0 Å². The Balaban J connectivity index is 2.78. The highest BCUT2D eigenvalue weighted by Gasteiger charge is 2.29. The minimum absolute atomic E-state index is 0.476. The van der Waals surface area contributed by atoms with Crippen molar-refractivity contribution in [3.63, 3.8) is 0 Å². The van der Waals surface area contributed by atoms with Crippen LogP contribution in [-0.4, -0.2) is 18.2 Å². The Bertz CT molecular complexity index is 310. The maximum atomic E-state index is 10.8. The van der Waals surface area contributed by atoms with Crippen molar-refractivity contribution in [2.45, 2.75) is 39.2 Å². The van der Waals surface area contributed by atoms with Gasteiger partial charge < -0.3 is 10.4 Å². The van der Waals surface area contributed by atoms with Gasteiger partial charge in [-0.1, -0.05) is 51.1 Å². The SMILES string of the molecule is CCCNCC(O)(CC(C)C)c1ccccc1. The minimum Gasteiger partial charge on any atom is -0.384 e. The fraction of sp³-hybridized carbons (Fsp3) is 0.600. The lowest BCUT2D eigenvalue weighted by Gasteiger charge is -2.31. The molecule has 0 spiro atoms. The van der Waals surface area contributed by atoms with Gasteiger partial charge in [0.1, 0.15) is 5.60 Å². The Kier molecular flexibility index (Phi) is 5.66. The molecule has 1 unspecified atom stereocenters. The lowest BCUT2D eigenvalue weighted by molar-refractivity contribution is 0.0159. The van der Waals surface area contributed by atoms with E-state index in [2.05, 4.69) is 26.1 Å². The van der Waals surface area contributed by atoms with E-state index in [0.29, 0.717) is 12.5 Å². The smallest absolute Gasteiger partial charge is 0.102 e. The van der Waals surface area contributed by atoms with Crippen molar-refractivity contribution in [2.75, 3.05) is 13.1 Å². The normalized spacial score (nSPS) is 14.9. The number of rotatable bonds is 7. The van der Waals surface area contributed by atoms with Crippen LogP contribution in [-0.2, 0) is 5.60 Å². The van der Waals surface area contributed by atoms with E-state index in [1.807, 2.05) is 30.3 Å². The van der Waals surface area contributed by atoms with Gasteiger partial charge in [0.15, 0.2) is 0 Å². The summed E-state index contributed by atoms with van der Waals surface area (Å²) in [5.74, 6) is 0.476. The van der Waals surface area contributed by atoms with E-state index in [4.69, 9.17) is 0 Å². The van der Waals surface area contributed by atoms with Crippen LogP contribution in [0.1, 0.15) is 39.2 Å². The van der Waals surface area contributed by atoms with Crippen molar-refractivity contribution in [3.05, 3.63) is 35.9 Å². The molecule has 1 aromatic rings. The first-order valence-electron chi connectivity index (χ1n) is 6.57. The van der Waals surface area contributed by atoms with Gasteiger partial charge in [-0.25, -0.2) is 0 Å². The fourth-order valence-electron chi connectivity index (χ4n) is 2.19.